The van der Waals surface area contributed by atoms with Crippen molar-refractivity contribution in [3.8, 4) is 0 Å². The monoisotopic (exact) mass is 363 g/mol. The van der Waals surface area contributed by atoms with Crippen molar-refractivity contribution in [1.29, 1.82) is 0 Å². The van der Waals surface area contributed by atoms with E-state index in [-0.39, 0.29) is 29.2 Å². The molecule has 3 aromatic rings. The maximum atomic E-state index is 13.0. The van der Waals surface area contributed by atoms with Crippen LogP contribution in [-0.2, 0) is 7.05 Å². The number of rotatable bonds is 4. The normalized spacial score (nSPS) is 20.1. The number of nitrogens with one attached hydrogen (secondary N) is 1. The third-order valence-electron chi connectivity index (χ3n) is 5.29. The van der Waals surface area contributed by atoms with Gasteiger partial charge in [-0.2, -0.15) is 0 Å². The summed E-state index contributed by atoms with van der Waals surface area (Å²) in [5.74, 6) is -0.318. The zero-order valence-electron chi connectivity index (χ0n) is 15.0. The topological polar surface area (TPSA) is 84.2 Å². The van der Waals surface area contributed by atoms with E-state index in [9.17, 15) is 14.7 Å². The van der Waals surface area contributed by atoms with E-state index < -0.39 is 5.91 Å². The average molecular weight is 363 g/mol. The van der Waals surface area contributed by atoms with Gasteiger partial charge in [-0.05, 0) is 48.4 Å². The van der Waals surface area contributed by atoms with E-state index in [0.29, 0.717) is 12.8 Å². The summed E-state index contributed by atoms with van der Waals surface area (Å²) in [5.41, 5.74) is 1.29. The Bertz CT molecular complexity index is 1040. The van der Waals surface area contributed by atoms with Gasteiger partial charge in [0.05, 0.1) is 23.4 Å². The Hall–Kier alpha value is -2.99. The van der Waals surface area contributed by atoms with Crippen molar-refractivity contribution in [2.45, 2.75) is 25.0 Å². The minimum atomic E-state index is -0.418. The fraction of sp³-hybridized carbons (Fsp3) is 0.286. The molecular formula is C21H21N3O3. The molecule has 1 amide bonds. The predicted molar refractivity (Wildman–Crippen MR) is 102 cm³/mol. The standard InChI is InChI=1S/C21H21N3O3/c1-24-18-8-3-2-6-13(18)12-16(21(24)27)20(26)23-19(14-10-15(25)11-14)17-7-4-5-9-22-17/h2-9,12,14-15,19,25H,10-11H2,1H3,(H,23,26). The summed E-state index contributed by atoms with van der Waals surface area (Å²) in [6.07, 6.45) is 2.55. The minimum absolute atomic E-state index is 0.100. The van der Waals surface area contributed by atoms with Crippen molar-refractivity contribution < 1.29 is 9.90 Å². The van der Waals surface area contributed by atoms with E-state index in [4.69, 9.17) is 0 Å². The number of para-hydroxylation sites is 1. The molecule has 0 bridgehead atoms. The van der Waals surface area contributed by atoms with Crippen LogP contribution in [0.25, 0.3) is 10.9 Å². The van der Waals surface area contributed by atoms with Crippen LogP contribution in [0.5, 0.6) is 0 Å². The Morgan fingerprint density at radius 2 is 1.96 bits per heavy atom. The Kier molecular flexibility index (Phi) is 4.49. The highest BCUT2D eigenvalue weighted by atomic mass is 16.3. The third kappa shape index (κ3) is 3.24. The van der Waals surface area contributed by atoms with Crippen molar-refractivity contribution >= 4 is 16.8 Å². The first-order valence-corrected chi connectivity index (χ1v) is 9.03. The number of pyridine rings is 2. The SMILES string of the molecule is Cn1c(=O)c(C(=O)NC(c2ccccn2)C2CC(O)C2)cc2ccccc21. The number of aliphatic hydroxyl groups excluding tert-OH is 1. The van der Waals surface area contributed by atoms with Gasteiger partial charge in [0.1, 0.15) is 5.56 Å². The van der Waals surface area contributed by atoms with Gasteiger partial charge in [0.2, 0.25) is 0 Å². The molecule has 0 spiro atoms. The maximum Gasteiger partial charge on any atom is 0.263 e. The molecule has 27 heavy (non-hydrogen) atoms. The van der Waals surface area contributed by atoms with Gasteiger partial charge in [-0.15, -0.1) is 0 Å². The Balaban J connectivity index is 1.68. The van der Waals surface area contributed by atoms with Crippen LogP contribution in [-0.4, -0.2) is 26.7 Å². The van der Waals surface area contributed by atoms with Crippen LogP contribution in [0.1, 0.15) is 34.9 Å². The number of aromatic nitrogens is 2. The van der Waals surface area contributed by atoms with Gasteiger partial charge in [0, 0.05) is 13.2 Å². The zero-order valence-corrected chi connectivity index (χ0v) is 15.0. The van der Waals surface area contributed by atoms with Crippen molar-refractivity contribution in [3.63, 3.8) is 0 Å². The summed E-state index contributed by atoms with van der Waals surface area (Å²) in [6, 6.07) is 14.3. The quantitative estimate of drug-likeness (QED) is 0.744. The number of carbonyl (C=O) groups is 1. The van der Waals surface area contributed by atoms with Gasteiger partial charge in [0.15, 0.2) is 0 Å². The van der Waals surface area contributed by atoms with Crippen LogP contribution in [0.4, 0.5) is 0 Å². The van der Waals surface area contributed by atoms with Crippen LogP contribution in [0.15, 0.2) is 59.5 Å². The Morgan fingerprint density at radius 1 is 1.22 bits per heavy atom. The van der Waals surface area contributed by atoms with Gasteiger partial charge in [0.25, 0.3) is 11.5 Å². The van der Waals surface area contributed by atoms with Crippen molar-refractivity contribution in [1.82, 2.24) is 14.9 Å². The number of aryl methyl sites for hydroxylation is 1. The molecule has 2 aromatic heterocycles. The van der Waals surface area contributed by atoms with E-state index in [2.05, 4.69) is 10.3 Å². The van der Waals surface area contributed by atoms with Crippen LogP contribution in [0, 0.1) is 5.92 Å². The third-order valence-corrected chi connectivity index (χ3v) is 5.29. The molecule has 138 valence electrons. The molecule has 2 heterocycles. The van der Waals surface area contributed by atoms with Gasteiger partial charge < -0.3 is 15.0 Å². The first-order chi connectivity index (χ1) is 13.0. The summed E-state index contributed by atoms with van der Waals surface area (Å²) in [5, 5.41) is 13.5. The highest BCUT2D eigenvalue weighted by molar-refractivity contribution is 5.97. The molecule has 2 N–H and O–H groups in total. The van der Waals surface area contributed by atoms with Crippen LogP contribution < -0.4 is 10.9 Å². The Morgan fingerprint density at radius 3 is 2.67 bits per heavy atom. The van der Waals surface area contributed by atoms with E-state index in [1.165, 1.54) is 4.57 Å². The molecular weight excluding hydrogens is 342 g/mol. The predicted octanol–water partition coefficient (Wildman–Crippen LogP) is 2.18. The summed E-state index contributed by atoms with van der Waals surface area (Å²) in [4.78, 5) is 30.0. The molecule has 6 nitrogen and oxygen atoms in total. The molecule has 1 fully saturated rings. The van der Waals surface area contributed by atoms with Gasteiger partial charge in [-0.3, -0.25) is 14.6 Å². The summed E-state index contributed by atoms with van der Waals surface area (Å²) in [6.45, 7) is 0. The number of amides is 1. The van der Waals surface area contributed by atoms with Gasteiger partial charge in [-0.1, -0.05) is 24.3 Å². The molecule has 1 saturated carbocycles. The smallest absolute Gasteiger partial charge is 0.263 e. The first-order valence-electron chi connectivity index (χ1n) is 9.03. The van der Waals surface area contributed by atoms with E-state index in [0.717, 1.165) is 16.6 Å². The molecule has 6 heteroatoms. The molecule has 1 unspecified atom stereocenters. The number of benzene rings is 1. The lowest BCUT2D eigenvalue weighted by molar-refractivity contribution is 0.0228. The minimum Gasteiger partial charge on any atom is -0.393 e. The fourth-order valence-corrected chi connectivity index (χ4v) is 3.70. The second-order valence-corrected chi connectivity index (χ2v) is 7.07. The Labute approximate surface area is 156 Å². The number of fused-ring (bicyclic) bond motifs is 1. The van der Waals surface area contributed by atoms with Crippen molar-refractivity contribution in [2.24, 2.45) is 13.0 Å². The molecule has 1 atom stereocenters. The second-order valence-electron chi connectivity index (χ2n) is 7.07. The second kappa shape index (κ2) is 6.96. The van der Waals surface area contributed by atoms with Crippen LogP contribution in [0.2, 0.25) is 0 Å². The molecule has 1 aromatic carbocycles. The molecule has 4 rings (SSSR count). The molecule has 1 aliphatic rings. The van der Waals surface area contributed by atoms with Gasteiger partial charge in [-0.25, -0.2) is 0 Å². The van der Waals surface area contributed by atoms with Crippen LogP contribution >= 0.6 is 0 Å². The van der Waals surface area contributed by atoms with E-state index >= 15 is 0 Å². The summed E-state index contributed by atoms with van der Waals surface area (Å²) >= 11 is 0. The van der Waals surface area contributed by atoms with Gasteiger partial charge >= 0.3 is 0 Å². The van der Waals surface area contributed by atoms with Crippen LogP contribution in [0.3, 0.4) is 0 Å². The molecule has 0 saturated heterocycles. The molecule has 1 aliphatic carbocycles. The lowest BCUT2D eigenvalue weighted by atomic mass is 9.76. The fourth-order valence-electron chi connectivity index (χ4n) is 3.70. The largest absolute Gasteiger partial charge is 0.393 e. The lowest BCUT2D eigenvalue weighted by Gasteiger charge is -2.37. The molecule has 0 radical (unpaired) electrons. The number of aliphatic hydroxyl groups is 1. The zero-order chi connectivity index (χ0) is 19.0. The highest BCUT2D eigenvalue weighted by Crippen LogP contribution is 2.37. The lowest BCUT2D eigenvalue weighted by Crippen LogP contribution is -2.43. The summed E-state index contributed by atoms with van der Waals surface area (Å²) in [7, 11) is 1.67. The highest BCUT2D eigenvalue weighted by Gasteiger charge is 2.36. The number of hydrogen-bond acceptors (Lipinski definition) is 4. The van der Waals surface area contributed by atoms with Crippen molar-refractivity contribution in [3.05, 3.63) is 76.3 Å². The van der Waals surface area contributed by atoms with E-state index in [1.54, 1.807) is 19.3 Å². The molecule has 0 aliphatic heterocycles. The number of hydrogen-bond donors (Lipinski definition) is 2. The van der Waals surface area contributed by atoms with E-state index in [1.807, 2.05) is 42.5 Å². The summed E-state index contributed by atoms with van der Waals surface area (Å²) < 4.78 is 1.49. The first kappa shape index (κ1) is 17.4. The number of nitrogens with zero attached hydrogens (tertiary/aromatic N) is 2. The van der Waals surface area contributed by atoms with Crippen molar-refractivity contribution in [2.75, 3.05) is 0 Å². The average Bonchev–Trinajstić information content (AvgIpc) is 2.67. The number of carbonyl (C=O) groups excluding carboxylic acids is 1. The maximum absolute atomic E-state index is 13.0.